The van der Waals surface area contributed by atoms with Gasteiger partial charge in [0.2, 0.25) is 5.91 Å². The molecule has 3 rings (SSSR count). The molecule has 0 saturated carbocycles. The van der Waals surface area contributed by atoms with Crippen molar-refractivity contribution >= 4 is 5.91 Å². The first-order valence-corrected chi connectivity index (χ1v) is 9.74. The highest BCUT2D eigenvalue weighted by molar-refractivity contribution is 5.76. The van der Waals surface area contributed by atoms with E-state index in [1.54, 1.807) is 11.6 Å². The van der Waals surface area contributed by atoms with Crippen LogP contribution in [0.3, 0.4) is 0 Å². The Kier molecular flexibility index (Phi) is 5.53. The third-order valence-electron chi connectivity index (χ3n) is 5.74. The fraction of sp³-hybridized carbons (Fsp3) is 0.684. The molecule has 8 nitrogen and oxygen atoms in total. The number of carbonyl (C=O) groups is 1. The number of likely N-dealkylation sites (tertiary alicyclic amines) is 1. The highest BCUT2D eigenvalue weighted by Crippen LogP contribution is 2.26. The number of hydrogen-bond acceptors (Lipinski definition) is 4. The van der Waals surface area contributed by atoms with Gasteiger partial charge in [0, 0.05) is 51.8 Å². The summed E-state index contributed by atoms with van der Waals surface area (Å²) in [6.07, 6.45) is 3.11. The molecule has 3 heterocycles. The van der Waals surface area contributed by atoms with Crippen LogP contribution < -0.4 is 5.69 Å². The van der Waals surface area contributed by atoms with Gasteiger partial charge in [-0.15, -0.1) is 0 Å². The van der Waals surface area contributed by atoms with Crippen molar-refractivity contribution in [3.63, 3.8) is 0 Å². The second-order valence-corrected chi connectivity index (χ2v) is 7.46. The fourth-order valence-electron chi connectivity index (χ4n) is 4.11. The van der Waals surface area contributed by atoms with Crippen molar-refractivity contribution in [3.8, 4) is 0 Å². The van der Waals surface area contributed by atoms with Gasteiger partial charge in [0.15, 0.2) is 0 Å². The van der Waals surface area contributed by atoms with Gasteiger partial charge in [0.05, 0.1) is 5.69 Å². The lowest BCUT2D eigenvalue weighted by atomic mass is 9.96. The molecular formula is C19H30N6O2. The second kappa shape index (κ2) is 7.70. The Morgan fingerprint density at radius 2 is 1.93 bits per heavy atom. The number of carbonyl (C=O) groups excluding carboxylic acids is 1. The molecule has 0 aromatic carbocycles. The smallest absolute Gasteiger partial charge is 0.342 e. The summed E-state index contributed by atoms with van der Waals surface area (Å²) in [4.78, 5) is 26.9. The molecule has 148 valence electrons. The van der Waals surface area contributed by atoms with Crippen molar-refractivity contribution in [1.82, 2.24) is 29.0 Å². The topological polar surface area (TPSA) is 78.0 Å². The minimum absolute atomic E-state index is 0.0847. The van der Waals surface area contributed by atoms with E-state index >= 15 is 0 Å². The highest BCUT2D eigenvalue weighted by atomic mass is 16.2. The molecule has 8 heteroatoms. The summed E-state index contributed by atoms with van der Waals surface area (Å²) in [5.41, 5.74) is 3.21. The van der Waals surface area contributed by atoms with E-state index < -0.39 is 0 Å². The normalized spacial score (nSPS) is 17.5. The average molecular weight is 374 g/mol. The van der Waals surface area contributed by atoms with E-state index in [4.69, 9.17) is 0 Å². The summed E-state index contributed by atoms with van der Waals surface area (Å²) >= 11 is 0. The molecule has 0 radical (unpaired) electrons. The zero-order valence-corrected chi connectivity index (χ0v) is 17.0. The minimum atomic E-state index is -0.0847. The third-order valence-corrected chi connectivity index (χ3v) is 5.74. The van der Waals surface area contributed by atoms with Crippen molar-refractivity contribution in [2.75, 3.05) is 13.1 Å². The van der Waals surface area contributed by atoms with Gasteiger partial charge in [0.1, 0.15) is 5.82 Å². The molecule has 1 fully saturated rings. The van der Waals surface area contributed by atoms with Crippen LogP contribution in [0.25, 0.3) is 0 Å². The molecule has 1 aliphatic heterocycles. The van der Waals surface area contributed by atoms with Gasteiger partial charge in [-0.25, -0.2) is 9.48 Å². The number of aromatic nitrogens is 5. The second-order valence-electron chi connectivity index (χ2n) is 7.46. The predicted octanol–water partition coefficient (Wildman–Crippen LogP) is 1.29. The molecule has 0 bridgehead atoms. The van der Waals surface area contributed by atoms with Crippen molar-refractivity contribution in [3.05, 3.63) is 33.3 Å². The molecule has 1 atom stereocenters. The van der Waals surface area contributed by atoms with Gasteiger partial charge in [-0.1, -0.05) is 0 Å². The maximum absolute atomic E-state index is 12.8. The Balaban J connectivity index is 1.68. The first-order valence-electron chi connectivity index (χ1n) is 9.74. The standard InChI is InChI=1S/C19H30N6O2/c1-6-25-18(21-23(5)19(25)27)15-8-7-11-24(12-15)17(26)10-9-16-13(2)20-22(4)14(16)3/h15H,6-12H2,1-5H3/t15-/m0/s1. The average Bonchev–Trinajstić information content (AvgIpc) is 3.08. The maximum atomic E-state index is 12.8. The third kappa shape index (κ3) is 3.70. The van der Waals surface area contributed by atoms with Crippen LogP contribution in [0.5, 0.6) is 0 Å². The zero-order valence-electron chi connectivity index (χ0n) is 17.0. The lowest BCUT2D eigenvalue weighted by Crippen LogP contribution is -2.40. The molecular weight excluding hydrogens is 344 g/mol. The van der Waals surface area contributed by atoms with Crippen molar-refractivity contribution in [1.29, 1.82) is 0 Å². The van der Waals surface area contributed by atoms with Crippen LogP contribution in [-0.2, 0) is 31.9 Å². The molecule has 1 aliphatic rings. The van der Waals surface area contributed by atoms with E-state index in [-0.39, 0.29) is 17.5 Å². The molecule has 1 amide bonds. The number of amides is 1. The Hall–Kier alpha value is -2.38. The van der Waals surface area contributed by atoms with Gasteiger partial charge in [-0.3, -0.25) is 14.0 Å². The summed E-state index contributed by atoms with van der Waals surface area (Å²) in [5.74, 6) is 1.10. The van der Waals surface area contributed by atoms with E-state index in [1.165, 1.54) is 10.2 Å². The van der Waals surface area contributed by atoms with Crippen LogP contribution in [0, 0.1) is 13.8 Å². The highest BCUT2D eigenvalue weighted by Gasteiger charge is 2.29. The van der Waals surface area contributed by atoms with Crippen LogP contribution in [0.1, 0.15) is 54.9 Å². The molecule has 0 N–H and O–H groups in total. The molecule has 2 aromatic rings. The van der Waals surface area contributed by atoms with E-state index in [9.17, 15) is 9.59 Å². The summed E-state index contributed by atoms with van der Waals surface area (Å²) in [7, 11) is 3.62. The Morgan fingerprint density at radius 3 is 2.56 bits per heavy atom. The van der Waals surface area contributed by atoms with Gasteiger partial charge >= 0.3 is 5.69 Å². The number of piperidine rings is 1. The summed E-state index contributed by atoms with van der Waals surface area (Å²) in [6.45, 7) is 8.02. The molecule has 27 heavy (non-hydrogen) atoms. The van der Waals surface area contributed by atoms with E-state index in [0.717, 1.165) is 43.0 Å². The fourth-order valence-corrected chi connectivity index (χ4v) is 4.11. The molecule has 1 saturated heterocycles. The van der Waals surface area contributed by atoms with Gasteiger partial charge in [-0.2, -0.15) is 10.2 Å². The summed E-state index contributed by atoms with van der Waals surface area (Å²) in [6, 6.07) is 0. The maximum Gasteiger partial charge on any atom is 0.345 e. The molecule has 0 unspecified atom stereocenters. The largest absolute Gasteiger partial charge is 0.345 e. The van der Waals surface area contributed by atoms with Crippen LogP contribution >= 0.6 is 0 Å². The van der Waals surface area contributed by atoms with Gasteiger partial charge in [0.25, 0.3) is 0 Å². The van der Waals surface area contributed by atoms with E-state index in [1.807, 2.05) is 37.4 Å². The van der Waals surface area contributed by atoms with Gasteiger partial charge < -0.3 is 4.90 Å². The van der Waals surface area contributed by atoms with Crippen LogP contribution in [0.2, 0.25) is 0 Å². The van der Waals surface area contributed by atoms with Crippen molar-refractivity contribution in [2.45, 2.75) is 58.9 Å². The Labute approximate surface area is 159 Å². The number of rotatable bonds is 5. The van der Waals surface area contributed by atoms with Crippen molar-refractivity contribution < 1.29 is 4.79 Å². The quantitative estimate of drug-likeness (QED) is 0.790. The van der Waals surface area contributed by atoms with Crippen LogP contribution in [0.15, 0.2) is 4.79 Å². The first-order chi connectivity index (χ1) is 12.8. The minimum Gasteiger partial charge on any atom is -0.342 e. The van der Waals surface area contributed by atoms with E-state index in [2.05, 4.69) is 10.2 Å². The Morgan fingerprint density at radius 1 is 1.19 bits per heavy atom. The molecule has 2 aromatic heterocycles. The Bertz CT molecular complexity index is 891. The lowest BCUT2D eigenvalue weighted by molar-refractivity contribution is -0.132. The van der Waals surface area contributed by atoms with Gasteiger partial charge in [-0.05, 0) is 45.6 Å². The monoisotopic (exact) mass is 374 g/mol. The first kappa shape index (κ1) is 19.4. The van der Waals surface area contributed by atoms with E-state index in [0.29, 0.717) is 19.5 Å². The molecule has 0 aliphatic carbocycles. The number of nitrogens with zero attached hydrogens (tertiary/aromatic N) is 6. The predicted molar refractivity (Wildman–Crippen MR) is 103 cm³/mol. The van der Waals surface area contributed by atoms with Crippen molar-refractivity contribution in [2.24, 2.45) is 14.1 Å². The zero-order chi connectivity index (χ0) is 19.7. The van der Waals surface area contributed by atoms with Crippen LogP contribution in [-0.4, -0.2) is 48.0 Å². The van der Waals surface area contributed by atoms with Crippen LogP contribution in [0.4, 0.5) is 0 Å². The lowest BCUT2D eigenvalue weighted by Gasteiger charge is -2.32. The summed E-state index contributed by atoms with van der Waals surface area (Å²) < 4.78 is 4.99. The molecule has 0 spiro atoms. The summed E-state index contributed by atoms with van der Waals surface area (Å²) in [5, 5.41) is 8.87. The SMILES string of the molecule is CCn1c([C@H]2CCCN(C(=O)CCc3c(C)nn(C)c3C)C2)nn(C)c1=O. The number of hydrogen-bond donors (Lipinski definition) is 0. The number of aryl methyl sites for hydroxylation is 3.